The van der Waals surface area contributed by atoms with Crippen LogP contribution in [0.15, 0.2) is 23.2 Å². The molecule has 1 unspecified atom stereocenters. The van der Waals surface area contributed by atoms with Gasteiger partial charge in [-0.1, -0.05) is 0 Å². The first-order chi connectivity index (χ1) is 5.74. The molecule has 66 valence electrons. The van der Waals surface area contributed by atoms with E-state index in [1.807, 2.05) is 6.92 Å². The minimum atomic E-state index is -2.21. The van der Waals surface area contributed by atoms with Gasteiger partial charge >= 0.3 is 29.6 Å². The molecule has 0 fully saturated rings. The van der Waals surface area contributed by atoms with Crippen molar-refractivity contribution in [2.75, 3.05) is 6.61 Å². The molecule has 0 bridgehead atoms. The maximum absolute atomic E-state index is 10.4. The topological polar surface area (TPSA) is 62.2 Å². The normalized spacial score (nSPS) is 11.5. The third-order valence-electron chi connectivity index (χ3n) is 1.19. The van der Waals surface area contributed by atoms with Crippen molar-refractivity contribution in [3.63, 3.8) is 0 Å². The first kappa shape index (κ1) is 13.1. The Labute approximate surface area is 101 Å². The maximum atomic E-state index is 10.4. The van der Waals surface area contributed by atoms with Crippen LogP contribution in [-0.4, -0.2) is 20.4 Å². The molecule has 0 aliphatic heterocycles. The van der Waals surface area contributed by atoms with Gasteiger partial charge < -0.3 is 9.29 Å². The number of rotatable bonds is 3. The van der Waals surface area contributed by atoms with Crippen molar-refractivity contribution in [2.24, 2.45) is 0 Å². The summed E-state index contributed by atoms with van der Waals surface area (Å²) in [5, 5.41) is 0. The van der Waals surface area contributed by atoms with Gasteiger partial charge in [-0.2, -0.15) is 0 Å². The number of hydrogen-bond donors (Lipinski definition) is 0. The van der Waals surface area contributed by atoms with Crippen LogP contribution < -0.4 is 34.3 Å². The second kappa shape index (κ2) is 6.50. The molecule has 0 aliphatic rings. The van der Waals surface area contributed by atoms with Crippen molar-refractivity contribution in [3.05, 3.63) is 18.3 Å². The zero-order chi connectivity index (χ0) is 8.97. The van der Waals surface area contributed by atoms with Crippen molar-refractivity contribution >= 4 is 11.1 Å². The predicted molar refractivity (Wildman–Crippen MR) is 42.6 cm³/mol. The number of hydrogen-bond acceptors (Lipinski definition) is 4. The van der Waals surface area contributed by atoms with E-state index in [4.69, 9.17) is 4.74 Å². The smallest absolute Gasteiger partial charge is 0.768 e. The Morgan fingerprint density at radius 3 is 2.69 bits per heavy atom. The minimum Gasteiger partial charge on any atom is -0.768 e. The molecule has 0 saturated carbocycles. The van der Waals surface area contributed by atoms with E-state index in [2.05, 4.69) is 4.98 Å². The molecule has 1 aromatic heterocycles. The van der Waals surface area contributed by atoms with Gasteiger partial charge in [0.25, 0.3) is 0 Å². The van der Waals surface area contributed by atoms with Gasteiger partial charge in [0.2, 0.25) is 5.88 Å². The standard InChI is InChI=1S/C7H9NO3S.Na/c1-2-11-7-4-3-6(5-8-7)12(9)10;/h3-5H,2H2,1H3,(H,9,10);/q;+1/p-1. The molecular formula is C7H8NNaO3S. The van der Waals surface area contributed by atoms with Gasteiger partial charge in [-0.3, -0.25) is 4.21 Å². The van der Waals surface area contributed by atoms with Crippen molar-refractivity contribution in [3.8, 4) is 5.88 Å². The Hall–Kier alpha value is 0.0600. The van der Waals surface area contributed by atoms with Gasteiger partial charge in [-0.15, -0.1) is 0 Å². The molecule has 0 radical (unpaired) electrons. The van der Waals surface area contributed by atoms with Crippen LogP contribution in [0.25, 0.3) is 0 Å². The second-order valence-corrected chi connectivity index (χ2v) is 2.94. The summed E-state index contributed by atoms with van der Waals surface area (Å²) in [5.74, 6) is 0.437. The molecule has 1 heterocycles. The molecule has 0 spiro atoms. The number of pyridine rings is 1. The fraction of sp³-hybridized carbons (Fsp3) is 0.286. The van der Waals surface area contributed by atoms with Gasteiger partial charge in [-0.25, -0.2) is 4.98 Å². The van der Waals surface area contributed by atoms with Crippen LogP contribution in [0.5, 0.6) is 5.88 Å². The molecule has 6 heteroatoms. The van der Waals surface area contributed by atoms with E-state index in [0.29, 0.717) is 12.5 Å². The quantitative estimate of drug-likeness (QED) is 0.416. The van der Waals surface area contributed by atoms with E-state index in [1.165, 1.54) is 18.3 Å². The third-order valence-corrected chi connectivity index (χ3v) is 1.82. The molecule has 1 aromatic rings. The largest absolute Gasteiger partial charge is 1.00 e. The van der Waals surface area contributed by atoms with Crippen LogP contribution in [0.2, 0.25) is 0 Å². The minimum absolute atomic E-state index is 0. The fourth-order valence-corrected chi connectivity index (χ4v) is 1.02. The van der Waals surface area contributed by atoms with Crippen LogP contribution in [0.4, 0.5) is 0 Å². The van der Waals surface area contributed by atoms with Crippen molar-refractivity contribution < 1.29 is 43.1 Å². The van der Waals surface area contributed by atoms with E-state index >= 15 is 0 Å². The Morgan fingerprint density at radius 1 is 1.62 bits per heavy atom. The summed E-state index contributed by atoms with van der Waals surface area (Å²) in [6.45, 7) is 2.36. The van der Waals surface area contributed by atoms with Crippen LogP contribution in [0.3, 0.4) is 0 Å². The van der Waals surface area contributed by atoms with Gasteiger partial charge in [0.15, 0.2) is 0 Å². The summed E-state index contributed by atoms with van der Waals surface area (Å²) in [7, 11) is 0. The average Bonchev–Trinajstić information content (AvgIpc) is 2.06. The monoisotopic (exact) mass is 209 g/mol. The molecule has 0 N–H and O–H groups in total. The van der Waals surface area contributed by atoms with Crippen molar-refractivity contribution in [1.82, 2.24) is 4.98 Å². The Balaban J connectivity index is 0.00000144. The molecule has 0 aromatic carbocycles. The van der Waals surface area contributed by atoms with Gasteiger partial charge in [0.1, 0.15) is 0 Å². The van der Waals surface area contributed by atoms with Crippen molar-refractivity contribution in [1.29, 1.82) is 0 Å². The van der Waals surface area contributed by atoms with Crippen LogP contribution >= 0.6 is 0 Å². The third kappa shape index (κ3) is 4.19. The second-order valence-electron chi connectivity index (χ2n) is 2.00. The summed E-state index contributed by atoms with van der Waals surface area (Å²) < 4.78 is 25.8. The number of ether oxygens (including phenoxy) is 1. The summed E-state index contributed by atoms with van der Waals surface area (Å²) in [6.07, 6.45) is 1.26. The molecule has 0 saturated heterocycles. The molecule has 1 atom stereocenters. The van der Waals surface area contributed by atoms with Crippen LogP contribution in [-0.2, 0) is 11.1 Å². The first-order valence-electron chi connectivity index (χ1n) is 3.42. The van der Waals surface area contributed by atoms with Gasteiger partial charge in [0, 0.05) is 17.2 Å². The Morgan fingerprint density at radius 2 is 2.31 bits per heavy atom. The maximum Gasteiger partial charge on any atom is 1.00 e. The molecule has 0 amide bonds. The predicted octanol–water partition coefficient (Wildman–Crippen LogP) is -2.28. The van der Waals surface area contributed by atoms with Crippen molar-refractivity contribution in [2.45, 2.75) is 11.8 Å². The zero-order valence-electron chi connectivity index (χ0n) is 7.52. The van der Waals surface area contributed by atoms with Crippen LogP contribution in [0.1, 0.15) is 6.92 Å². The van der Waals surface area contributed by atoms with E-state index in [0.717, 1.165) is 0 Å². The van der Waals surface area contributed by atoms with E-state index in [1.54, 1.807) is 0 Å². The van der Waals surface area contributed by atoms with Gasteiger partial charge in [-0.05, 0) is 24.1 Å². The van der Waals surface area contributed by atoms with Gasteiger partial charge in [0.05, 0.1) is 6.61 Å². The van der Waals surface area contributed by atoms with E-state index in [9.17, 15) is 8.76 Å². The Bertz CT molecular complexity index is 278. The first-order valence-corrected chi connectivity index (χ1v) is 4.49. The molecule has 4 nitrogen and oxygen atoms in total. The summed E-state index contributed by atoms with van der Waals surface area (Å²) in [6, 6.07) is 2.97. The molecule has 1 rings (SSSR count). The number of aromatic nitrogens is 1. The molecule has 0 aliphatic carbocycles. The van der Waals surface area contributed by atoms with Crippen LogP contribution in [0, 0.1) is 0 Å². The SMILES string of the molecule is CCOc1ccc(S(=O)[O-])cn1.[Na+]. The van der Waals surface area contributed by atoms with E-state index < -0.39 is 11.1 Å². The molecular weight excluding hydrogens is 201 g/mol. The Kier molecular flexibility index (Phi) is 6.53. The summed E-state index contributed by atoms with van der Waals surface area (Å²) in [5.41, 5.74) is 0. The summed E-state index contributed by atoms with van der Waals surface area (Å²) >= 11 is -2.21. The number of nitrogens with zero attached hydrogens (tertiary/aromatic N) is 1. The fourth-order valence-electron chi connectivity index (χ4n) is 0.699. The average molecular weight is 209 g/mol. The summed E-state index contributed by atoms with van der Waals surface area (Å²) in [4.78, 5) is 3.94. The zero-order valence-corrected chi connectivity index (χ0v) is 10.3. The van der Waals surface area contributed by atoms with E-state index in [-0.39, 0.29) is 34.5 Å². The molecule has 13 heavy (non-hydrogen) atoms.